The van der Waals surface area contributed by atoms with Gasteiger partial charge in [-0.2, -0.15) is 0 Å². The normalized spacial score (nSPS) is 17.0. The van der Waals surface area contributed by atoms with E-state index in [1.54, 1.807) is 11.5 Å². The van der Waals surface area contributed by atoms with E-state index in [-0.39, 0.29) is 6.54 Å². The third kappa shape index (κ3) is 6.59. The SMILES string of the molecule is CC(C)(C)[C@H](NC(=O)Nc1cc(F)ccc1N1CCCC1)C(=O)N(CC(=O)NO)CC1CCC1. The molecule has 1 saturated heterocycles. The van der Waals surface area contributed by atoms with E-state index in [9.17, 15) is 18.8 Å². The van der Waals surface area contributed by atoms with Crippen molar-refractivity contribution in [3.63, 3.8) is 0 Å². The fourth-order valence-electron chi connectivity index (χ4n) is 4.39. The van der Waals surface area contributed by atoms with Crippen LogP contribution in [0, 0.1) is 17.2 Å². The number of rotatable bonds is 8. The molecule has 1 aromatic rings. The van der Waals surface area contributed by atoms with E-state index in [2.05, 4.69) is 15.5 Å². The number of carbonyl (C=O) groups is 3. The summed E-state index contributed by atoms with van der Waals surface area (Å²) in [5.41, 5.74) is 1.98. The van der Waals surface area contributed by atoms with E-state index in [1.807, 2.05) is 20.8 Å². The van der Waals surface area contributed by atoms with E-state index in [0.29, 0.717) is 18.2 Å². The second kappa shape index (κ2) is 11.0. The van der Waals surface area contributed by atoms with Gasteiger partial charge >= 0.3 is 6.03 Å². The quantitative estimate of drug-likeness (QED) is 0.339. The van der Waals surface area contributed by atoms with Gasteiger partial charge in [-0.25, -0.2) is 14.7 Å². The molecule has 1 heterocycles. The second-order valence-electron chi connectivity index (χ2n) is 10.3. The first-order valence-corrected chi connectivity index (χ1v) is 11.9. The monoisotopic (exact) mass is 477 g/mol. The van der Waals surface area contributed by atoms with Crippen molar-refractivity contribution < 1.29 is 24.0 Å². The van der Waals surface area contributed by atoms with E-state index in [1.165, 1.54) is 17.0 Å². The van der Waals surface area contributed by atoms with Crippen LogP contribution in [0.5, 0.6) is 0 Å². The van der Waals surface area contributed by atoms with Gasteiger partial charge in [-0.1, -0.05) is 27.2 Å². The first-order chi connectivity index (χ1) is 16.1. The van der Waals surface area contributed by atoms with Gasteiger partial charge in [-0.05, 0) is 55.2 Å². The van der Waals surface area contributed by atoms with Gasteiger partial charge in [0.15, 0.2) is 0 Å². The zero-order valence-electron chi connectivity index (χ0n) is 20.2. The Balaban J connectivity index is 1.76. The summed E-state index contributed by atoms with van der Waals surface area (Å²) in [5.74, 6) is -1.28. The summed E-state index contributed by atoms with van der Waals surface area (Å²) in [6.45, 7) is 7.20. The van der Waals surface area contributed by atoms with Crippen molar-refractivity contribution in [3.8, 4) is 0 Å². The molecule has 1 aliphatic heterocycles. The molecule has 1 aliphatic carbocycles. The van der Waals surface area contributed by atoms with Gasteiger partial charge < -0.3 is 20.4 Å². The van der Waals surface area contributed by atoms with E-state index in [0.717, 1.165) is 50.9 Å². The molecule has 2 aliphatic rings. The molecule has 0 aromatic heterocycles. The van der Waals surface area contributed by atoms with Crippen LogP contribution in [-0.2, 0) is 9.59 Å². The Morgan fingerprint density at radius 3 is 2.41 bits per heavy atom. The summed E-state index contributed by atoms with van der Waals surface area (Å²) in [6.07, 6.45) is 5.08. The number of hydroxylamine groups is 1. The standard InChI is InChI=1S/C24H36FN5O4/c1-24(2,3)21(22(32)30(15-20(31)28-34)14-16-7-6-8-16)27-23(33)26-18-13-17(25)9-10-19(18)29-11-4-5-12-29/h9-10,13,16,21,34H,4-8,11-12,14-15H2,1-3H3,(H,28,31)(H2,26,27,33)/t21-/m1/s1. The van der Waals surface area contributed by atoms with Crippen molar-refractivity contribution in [2.24, 2.45) is 11.3 Å². The molecule has 0 radical (unpaired) electrons. The van der Waals surface area contributed by atoms with Crippen molar-refractivity contribution in [2.75, 3.05) is 36.4 Å². The molecule has 0 bridgehead atoms. The number of benzene rings is 1. The van der Waals surface area contributed by atoms with Crippen LogP contribution in [0.2, 0.25) is 0 Å². The largest absolute Gasteiger partial charge is 0.370 e. The first-order valence-electron chi connectivity index (χ1n) is 11.9. The number of anilines is 2. The van der Waals surface area contributed by atoms with Crippen LogP contribution >= 0.6 is 0 Å². The van der Waals surface area contributed by atoms with Gasteiger partial charge in [0.2, 0.25) is 5.91 Å². The zero-order chi connectivity index (χ0) is 24.9. The van der Waals surface area contributed by atoms with Crippen LogP contribution < -0.4 is 21.0 Å². The van der Waals surface area contributed by atoms with Crippen LogP contribution in [-0.4, -0.2) is 60.2 Å². The highest BCUT2D eigenvalue weighted by Crippen LogP contribution is 2.31. The van der Waals surface area contributed by atoms with Gasteiger partial charge in [-0.3, -0.25) is 14.8 Å². The molecule has 9 nitrogen and oxygen atoms in total. The Labute approximate surface area is 200 Å². The van der Waals surface area contributed by atoms with E-state index in [4.69, 9.17) is 5.21 Å². The topological polar surface area (TPSA) is 114 Å². The molecule has 4 amide bonds. The predicted octanol–water partition coefficient (Wildman–Crippen LogP) is 3.10. The summed E-state index contributed by atoms with van der Waals surface area (Å²) in [6, 6.07) is 2.71. The van der Waals surface area contributed by atoms with Crippen LogP contribution in [0.4, 0.5) is 20.6 Å². The van der Waals surface area contributed by atoms with Crippen LogP contribution in [0.3, 0.4) is 0 Å². The third-order valence-electron chi connectivity index (χ3n) is 6.52. The Bertz CT molecular complexity index is 894. The van der Waals surface area contributed by atoms with Crippen LogP contribution in [0.1, 0.15) is 52.9 Å². The van der Waals surface area contributed by atoms with Crippen molar-refractivity contribution >= 4 is 29.2 Å². The number of carbonyl (C=O) groups excluding carboxylic acids is 3. The molecule has 1 atom stereocenters. The van der Waals surface area contributed by atoms with Crippen molar-refractivity contribution in [1.29, 1.82) is 0 Å². The maximum absolute atomic E-state index is 14.0. The van der Waals surface area contributed by atoms with Gasteiger partial charge in [-0.15, -0.1) is 0 Å². The summed E-state index contributed by atoms with van der Waals surface area (Å²) in [4.78, 5) is 41.8. The van der Waals surface area contributed by atoms with Gasteiger partial charge in [0.25, 0.3) is 5.91 Å². The van der Waals surface area contributed by atoms with Crippen molar-refractivity contribution in [3.05, 3.63) is 24.0 Å². The lowest BCUT2D eigenvalue weighted by atomic mass is 9.83. The predicted molar refractivity (Wildman–Crippen MR) is 127 cm³/mol. The Hall–Kier alpha value is -2.88. The minimum atomic E-state index is -0.942. The number of nitrogens with one attached hydrogen (secondary N) is 3. The average molecular weight is 478 g/mol. The zero-order valence-corrected chi connectivity index (χ0v) is 20.2. The smallest absolute Gasteiger partial charge is 0.319 e. The molecular weight excluding hydrogens is 441 g/mol. The number of urea groups is 1. The van der Waals surface area contributed by atoms with E-state index < -0.39 is 35.1 Å². The molecule has 188 valence electrons. The van der Waals surface area contributed by atoms with Gasteiger partial charge in [0.05, 0.1) is 11.4 Å². The van der Waals surface area contributed by atoms with Crippen molar-refractivity contribution in [1.82, 2.24) is 15.7 Å². The lowest BCUT2D eigenvalue weighted by Gasteiger charge is -2.37. The molecule has 3 rings (SSSR count). The third-order valence-corrected chi connectivity index (χ3v) is 6.52. The Morgan fingerprint density at radius 2 is 1.85 bits per heavy atom. The first kappa shape index (κ1) is 25.7. The molecule has 1 aromatic carbocycles. The number of hydrogen-bond acceptors (Lipinski definition) is 5. The number of nitrogens with zero attached hydrogens (tertiary/aromatic N) is 2. The molecule has 0 unspecified atom stereocenters. The molecular formula is C24H36FN5O4. The number of amides is 4. The summed E-state index contributed by atoms with van der Waals surface area (Å²) in [7, 11) is 0. The number of hydrogen-bond donors (Lipinski definition) is 4. The molecule has 0 spiro atoms. The van der Waals surface area contributed by atoms with Crippen LogP contribution in [0.25, 0.3) is 0 Å². The summed E-state index contributed by atoms with van der Waals surface area (Å²) < 4.78 is 14.0. The van der Waals surface area contributed by atoms with E-state index >= 15 is 0 Å². The minimum absolute atomic E-state index is 0.292. The lowest BCUT2D eigenvalue weighted by molar-refractivity contribution is -0.143. The fourth-order valence-corrected chi connectivity index (χ4v) is 4.39. The second-order valence-corrected chi connectivity index (χ2v) is 10.3. The Kier molecular flexibility index (Phi) is 8.35. The van der Waals surface area contributed by atoms with Crippen molar-refractivity contribution in [2.45, 2.75) is 58.9 Å². The highest BCUT2D eigenvalue weighted by Gasteiger charge is 2.37. The minimum Gasteiger partial charge on any atom is -0.370 e. The number of halogens is 1. The fraction of sp³-hybridized carbons (Fsp3) is 0.625. The molecule has 10 heteroatoms. The molecule has 34 heavy (non-hydrogen) atoms. The Morgan fingerprint density at radius 1 is 1.18 bits per heavy atom. The average Bonchev–Trinajstić information content (AvgIpc) is 3.26. The van der Waals surface area contributed by atoms with Gasteiger partial charge in [0, 0.05) is 19.6 Å². The maximum Gasteiger partial charge on any atom is 0.319 e. The molecule has 1 saturated carbocycles. The highest BCUT2D eigenvalue weighted by molar-refractivity contribution is 5.97. The molecule has 2 fully saturated rings. The maximum atomic E-state index is 14.0. The highest BCUT2D eigenvalue weighted by atomic mass is 19.1. The summed E-state index contributed by atoms with van der Waals surface area (Å²) >= 11 is 0. The lowest BCUT2D eigenvalue weighted by Crippen LogP contribution is -2.57. The summed E-state index contributed by atoms with van der Waals surface area (Å²) in [5, 5.41) is 14.4. The molecule has 4 N–H and O–H groups in total. The van der Waals surface area contributed by atoms with Gasteiger partial charge in [0.1, 0.15) is 18.4 Å². The van der Waals surface area contributed by atoms with Crippen LogP contribution in [0.15, 0.2) is 18.2 Å².